The Morgan fingerprint density at radius 2 is 1.57 bits per heavy atom. The van der Waals surface area contributed by atoms with Gasteiger partial charge in [0.05, 0.1) is 10.9 Å². The van der Waals surface area contributed by atoms with E-state index in [1.54, 1.807) is 45.0 Å². The molecular formula is C26H18ClF3O5. The van der Waals surface area contributed by atoms with Gasteiger partial charge in [-0.1, -0.05) is 29.8 Å². The number of hydrogen-bond acceptors (Lipinski definition) is 5. The number of rotatable bonds is 4. The van der Waals surface area contributed by atoms with Crippen molar-refractivity contribution in [1.82, 2.24) is 0 Å². The molecule has 0 saturated carbocycles. The van der Waals surface area contributed by atoms with Gasteiger partial charge in [-0.3, -0.25) is 4.79 Å². The van der Waals surface area contributed by atoms with Crippen molar-refractivity contribution in [2.24, 2.45) is 0 Å². The normalized spacial score (nSPS) is 11.5. The first kappa shape index (κ1) is 24.3. The molecule has 1 heterocycles. The van der Waals surface area contributed by atoms with E-state index < -0.39 is 34.7 Å². The molecule has 0 fully saturated rings. The highest BCUT2D eigenvalue weighted by Gasteiger charge is 2.40. The Bertz CT molecular complexity index is 1500. The molecule has 0 bridgehead atoms. The molecule has 0 saturated heterocycles. The first-order chi connectivity index (χ1) is 16.5. The average Bonchev–Trinajstić information content (AvgIpc) is 2.78. The van der Waals surface area contributed by atoms with Crippen molar-refractivity contribution in [3.63, 3.8) is 0 Å². The van der Waals surface area contributed by atoms with Crippen LogP contribution in [0, 0.1) is 20.8 Å². The van der Waals surface area contributed by atoms with Gasteiger partial charge in [-0.15, -0.1) is 0 Å². The van der Waals surface area contributed by atoms with Crippen LogP contribution in [0.1, 0.15) is 32.8 Å². The molecule has 35 heavy (non-hydrogen) atoms. The Balaban J connectivity index is 1.78. The largest absolute Gasteiger partial charge is 0.453 e. The molecule has 0 unspecified atom stereocenters. The van der Waals surface area contributed by atoms with Crippen LogP contribution in [0.2, 0.25) is 5.02 Å². The lowest BCUT2D eigenvalue weighted by atomic mass is 10.1. The number of alkyl halides is 3. The number of carbonyl (C=O) groups is 1. The summed E-state index contributed by atoms with van der Waals surface area (Å²) in [6, 6.07) is 13.1. The zero-order valence-electron chi connectivity index (χ0n) is 18.7. The summed E-state index contributed by atoms with van der Waals surface area (Å²) in [6.45, 7) is 5.04. The second-order valence-corrected chi connectivity index (χ2v) is 8.30. The molecule has 180 valence electrons. The molecule has 0 aliphatic heterocycles. The summed E-state index contributed by atoms with van der Waals surface area (Å²) >= 11 is 6.11. The van der Waals surface area contributed by atoms with Crippen molar-refractivity contribution < 1.29 is 31.9 Å². The van der Waals surface area contributed by atoms with Gasteiger partial charge in [-0.25, -0.2) is 4.79 Å². The number of aryl methyl sites for hydroxylation is 3. The van der Waals surface area contributed by atoms with E-state index in [9.17, 15) is 22.8 Å². The molecule has 9 heteroatoms. The zero-order chi connectivity index (χ0) is 25.5. The molecule has 0 aliphatic carbocycles. The first-order valence-electron chi connectivity index (χ1n) is 10.4. The predicted molar refractivity (Wildman–Crippen MR) is 125 cm³/mol. The van der Waals surface area contributed by atoms with Crippen molar-refractivity contribution in [3.8, 4) is 17.2 Å². The van der Waals surface area contributed by atoms with Gasteiger partial charge in [0.2, 0.25) is 11.2 Å². The summed E-state index contributed by atoms with van der Waals surface area (Å²) < 4.78 is 57.3. The Hall–Kier alpha value is -3.78. The minimum Gasteiger partial charge on any atom is -0.449 e. The zero-order valence-corrected chi connectivity index (χ0v) is 19.5. The minimum absolute atomic E-state index is 0.00494. The van der Waals surface area contributed by atoms with Crippen molar-refractivity contribution >= 4 is 28.5 Å². The Labute approximate surface area is 202 Å². The van der Waals surface area contributed by atoms with Crippen LogP contribution in [0.3, 0.4) is 0 Å². The number of carbonyl (C=O) groups excluding carboxylic acids is 1. The van der Waals surface area contributed by atoms with Crippen LogP contribution >= 0.6 is 11.6 Å². The highest BCUT2D eigenvalue weighted by molar-refractivity contribution is 6.32. The molecule has 5 nitrogen and oxygen atoms in total. The van der Waals surface area contributed by atoms with Gasteiger partial charge in [0.15, 0.2) is 0 Å². The third-order valence-corrected chi connectivity index (χ3v) is 5.88. The van der Waals surface area contributed by atoms with Crippen LogP contribution in [0.15, 0.2) is 63.8 Å². The van der Waals surface area contributed by atoms with Crippen LogP contribution in [0.4, 0.5) is 13.2 Å². The lowest BCUT2D eigenvalue weighted by molar-refractivity contribution is -0.154. The number of esters is 1. The van der Waals surface area contributed by atoms with Crippen LogP contribution in [0.5, 0.6) is 17.2 Å². The molecule has 4 rings (SSSR count). The van der Waals surface area contributed by atoms with E-state index in [1.807, 2.05) is 0 Å². The van der Waals surface area contributed by atoms with Gasteiger partial charge in [0, 0.05) is 11.1 Å². The predicted octanol–water partition coefficient (Wildman–Crippen LogP) is 7.40. The third kappa shape index (κ3) is 4.88. The van der Waals surface area contributed by atoms with E-state index in [-0.39, 0.29) is 16.9 Å². The standard InChI is InChI=1S/C26H18ClF3O5/c1-13-6-4-5-7-18(13)25(32)34-16-8-9-19-20(12-16)35-24(26(28,29)30)23(22(19)31)33-17-10-14(2)21(27)15(3)11-17/h4-12H,1-3H3. The van der Waals surface area contributed by atoms with E-state index in [0.717, 1.165) is 6.07 Å². The second kappa shape index (κ2) is 9.11. The number of fused-ring (bicyclic) bond motifs is 1. The summed E-state index contributed by atoms with van der Waals surface area (Å²) in [5, 5.41) is 0.262. The van der Waals surface area contributed by atoms with Gasteiger partial charge in [-0.2, -0.15) is 13.2 Å². The summed E-state index contributed by atoms with van der Waals surface area (Å²) in [5.41, 5.74) is 0.663. The monoisotopic (exact) mass is 502 g/mol. The molecule has 4 aromatic rings. The summed E-state index contributed by atoms with van der Waals surface area (Å²) in [4.78, 5) is 25.5. The van der Waals surface area contributed by atoms with E-state index in [1.165, 1.54) is 24.3 Å². The molecule has 0 atom stereocenters. The topological polar surface area (TPSA) is 65.7 Å². The highest BCUT2D eigenvalue weighted by Crippen LogP contribution is 2.39. The number of ether oxygens (including phenoxy) is 2. The first-order valence-corrected chi connectivity index (χ1v) is 10.7. The smallest absolute Gasteiger partial charge is 0.449 e. The molecular weight excluding hydrogens is 485 g/mol. The molecule has 3 aromatic carbocycles. The van der Waals surface area contributed by atoms with E-state index in [4.69, 9.17) is 25.5 Å². The fraction of sp³-hybridized carbons (Fsp3) is 0.154. The fourth-order valence-electron chi connectivity index (χ4n) is 3.55. The van der Waals surface area contributed by atoms with Crippen LogP contribution in [0.25, 0.3) is 11.0 Å². The number of hydrogen-bond donors (Lipinski definition) is 0. The fourth-order valence-corrected chi connectivity index (χ4v) is 3.66. The molecule has 0 N–H and O–H groups in total. The van der Waals surface area contributed by atoms with Crippen LogP contribution < -0.4 is 14.9 Å². The van der Waals surface area contributed by atoms with Gasteiger partial charge < -0.3 is 13.9 Å². The van der Waals surface area contributed by atoms with Gasteiger partial charge >= 0.3 is 12.1 Å². The maximum Gasteiger partial charge on any atom is 0.453 e. The average molecular weight is 503 g/mol. The SMILES string of the molecule is Cc1ccccc1C(=O)Oc1ccc2c(=O)c(Oc3cc(C)c(Cl)c(C)c3)c(C(F)(F)F)oc2c1. The lowest BCUT2D eigenvalue weighted by Gasteiger charge is -2.15. The Morgan fingerprint density at radius 3 is 2.20 bits per heavy atom. The van der Waals surface area contributed by atoms with E-state index >= 15 is 0 Å². The van der Waals surface area contributed by atoms with Crippen molar-refractivity contribution in [3.05, 3.63) is 97.9 Å². The van der Waals surface area contributed by atoms with Crippen molar-refractivity contribution in [2.75, 3.05) is 0 Å². The minimum atomic E-state index is -5.03. The van der Waals surface area contributed by atoms with Crippen LogP contribution in [-0.4, -0.2) is 5.97 Å². The molecule has 1 aromatic heterocycles. The van der Waals surface area contributed by atoms with Crippen molar-refractivity contribution in [1.29, 1.82) is 0 Å². The maximum atomic E-state index is 13.8. The summed E-state index contributed by atoms with van der Waals surface area (Å²) in [5.74, 6) is -3.39. The molecule has 0 spiro atoms. The van der Waals surface area contributed by atoms with Crippen molar-refractivity contribution in [2.45, 2.75) is 26.9 Å². The molecule has 0 amide bonds. The third-order valence-electron chi connectivity index (χ3n) is 5.29. The Morgan fingerprint density at radius 1 is 0.914 bits per heavy atom. The van der Waals surface area contributed by atoms with Crippen LogP contribution in [-0.2, 0) is 6.18 Å². The summed E-state index contributed by atoms with van der Waals surface area (Å²) in [6.07, 6.45) is -5.03. The quantitative estimate of drug-likeness (QED) is 0.215. The van der Waals surface area contributed by atoms with Gasteiger partial charge in [0.1, 0.15) is 17.1 Å². The summed E-state index contributed by atoms with van der Waals surface area (Å²) in [7, 11) is 0. The molecule has 0 radical (unpaired) electrons. The highest BCUT2D eigenvalue weighted by atomic mass is 35.5. The second-order valence-electron chi connectivity index (χ2n) is 7.92. The van der Waals surface area contributed by atoms with E-state index in [0.29, 0.717) is 27.3 Å². The number of benzene rings is 3. The lowest BCUT2D eigenvalue weighted by Crippen LogP contribution is -2.16. The van der Waals surface area contributed by atoms with Gasteiger partial charge in [-0.05, 0) is 67.8 Å². The van der Waals surface area contributed by atoms with Gasteiger partial charge in [0.25, 0.3) is 5.76 Å². The maximum absolute atomic E-state index is 13.8. The molecule has 0 aliphatic rings. The van der Waals surface area contributed by atoms with E-state index in [2.05, 4.69) is 0 Å². The Kier molecular flexibility index (Phi) is 6.34. The number of halogens is 4.